The Labute approximate surface area is 172 Å². The minimum atomic E-state index is -0.893. The predicted molar refractivity (Wildman–Crippen MR) is 105 cm³/mol. The van der Waals surface area contributed by atoms with E-state index in [-0.39, 0.29) is 19.4 Å². The summed E-state index contributed by atoms with van der Waals surface area (Å²) in [5.74, 6) is -0.427. The molecule has 4 amide bonds. The molecule has 0 aromatic heterocycles. The Balaban J connectivity index is 3.13. The van der Waals surface area contributed by atoms with Crippen molar-refractivity contribution in [2.24, 2.45) is 0 Å². The maximum absolute atomic E-state index is 12.8. The summed E-state index contributed by atoms with van der Waals surface area (Å²) < 4.78 is 16.0. The number of ether oxygens (including phenoxy) is 3. The van der Waals surface area contributed by atoms with Crippen molar-refractivity contribution in [3.8, 4) is 0 Å². The third-order valence-electron chi connectivity index (χ3n) is 3.55. The van der Waals surface area contributed by atoms with Crippen molar-refractivity contribution in [2.75, 3.05) is 6.54 Å². The monoisotopic (exact) mass is 414 g/mol. The van der Waals surface area contributed by atoms with Crippen LogP contribution in [0, 0.1) is 0 Å². The number of likely N-dealkylation sites (tertiary alicyclic amines) is 1. The SMILES string of the molecule is CC(C)(C)OC(=O)N1C[C@@H](N(C(=O)OC(C)(C)C)C(=O)OC(C)(C)C)CCC1=O. The minimum absolute atomic E-state index is 0.0218. The Morgan fingerprint density at radius 1 is 0.828 bits per heavy atom. The van der Waals surface area contributed by atoms with Crippen molar-refractivity contribution in [2.45, 2.75) is 98.0 Å². The van der Waals surface area contributed by atoms with E-state index in [4.69, 9.17) is 14.2 Å². The predicted octanol–water partition coefficient (Wildman–Crippen LogP) is 4.08. The van der Waals surface area contributed by atoms with Gasteiger partial charge in [-0.25, -0.2) is 24.2 Å². The van der Waals surface area contributed by atoms with E-state index < -0.39 is 47.0 Å². The van der Waals surface area contributed by atoms with Crippen molar-refractivity contribution >= 4 is 24.2 Å². The first-order chi connectivity index (χ1) is 12.9. The van der Waals surface area contributed by atoms with Crippen LogP contribution in [0.15, 0.2) is 0 Å². The normalized spacial score (nSPS) is 18.2. The third-order valence-corrected chi connectivity index (χ3v) is 3.55. The van der Waals surface area contributed by atoms with Gasteiger partial charge in [0.05, 0.1) is 12.6 Å². The maximum atomic E-state index is 12.8. The molecule has 1 aliphatic rings. The molecule has 0 N–H and O–H groups in total. The summed E-state index contributed by atoms with van der Waals surface area (Å²) in [4.78, 5) is 52.0. The number of hydrogen-bond donors (Lipinski definition) is 0. The minimum Gasteiger partial charge on any atom is -0.443 e. The van der Waals surface area contributed by atoms with Crippen molar-refractivity contribution in [1.29, 1.82) is 0 Å². The van der Waals surface area contributed by atoms with Gasteiger partial charge in [-0.3, -0.25) is 4.79 Å². The molecule has 0 unspecified atom stereocenters. The largest absolute Gasteiger partial charge is 0.443 e. The number of hydrogen-bond acceptors (Lipinski definition) is 7. The van der Waals surface area contributed by atoms with Crippen molar-refractivity contribution in [1.82, 2.24) is 9.80 Å². The zero-order valence-corrected chi connectivity index (χ0v) is 19.0. The van der Waals surface area contributed by atoms with Gasteiger partial charge < -0.3 is 14.2 Å². The van der Waals surface area contributed by atoms with Crippen molar-refractivity contribution in [3.05, 3.63) is 0 Å². The average Bonchev–Trinajstić information content (AvgIpc) is 2.43. The molecular formula is C20H34N2O7. The second-order valence-corrected chi connectivity index (χ2v) is 10.0. The third kappa shape index (κ3) is 8.29. The molecule has 1 fully saturated rings. The lowest BCUT2D eigenvalue weighted by molar-refractivity contribution is -0.134. The molecule has 0 bridgehead atoms. The second kappa shape index (κ2) is 8.59. The molecule has 1 heterocycles. The number of carbonyl (C=O) groups excluding carboxylic acids is 4. The molecule has 0 saturated carbocycles. The number of nitrogens with zero attached hydrogens (tertiary/aromatic N) is 2. The Kier molecular flexibility index (Phi) is 7.32. The Bertz CT molecular complexity index is 625. The molecule has 0 aromatic carbocycles. The molecule has 0 radical (unpaired) electrons. The highest BCUT2D eigenvalue weighted by atomic mass is 16.6. The number of piperidine rings is 1. The molecule has 9 nitrogen and oxygen atoms in total. The standard InChI is InChI=1S/C20H34N2O7/c1-18(2,3)27-15(24)21-12-13(10-11-14(21)23)22(16(25)28-19(4,5)6)17(26)29-20(7,8)9/h13H,10-12H2,1-9H3/t13-/m0/s1. The molecule has 1 aliphatic heterocycles. The van der Waals surface area contributed by atoms with Crippen LogP contribution in [0.5, 0.6) is 0 Å². The Morgan fingerprint density at radius 3 is 1.62 bits per heavy atom. The molecule has 0 aromatic rings. The van der Waals surface area contributed by atoms with Gasteiger partial charge in [0.15, 0.2) is 0 Å². The van der Waals surface area contributed by atoms with Gasteiger partial charge >= 0.3 is 18.3 Å². The van der Waals surface area contributed by atoms with Crippen LogP contribution in [0.3, 0.4) is 0 Å². The summed E-state index contributed by atoms with van der Waals surface area (Å²) in [5, 5.41) is 0. The average molecular weight is 414 g/mol. The smallest absolute Gasteiger partial charge is 0.420 e. The summed E-state index contributed by atoms with van der Waals surface area (Å²) in [7, 11) is 0. The van der Waals surface area contributed by atoms with Crippen molar-refractivity contribution in [3.63, 3.8) is 0 Å². The summed E-state index contributed by atoms with van der Waals surface area (Å²) in [6.07, 6.45) is -2.44. The van der Waals surface area contributed by atoms with Crippen LogP contribution in [0.25, 0.3) is 0 Å². The molecular weight excluding hydrogens is 380 g/mol. The van der Waals surface area contributed by atoms with E-state index in [1.54, 1.807) is 62.3 Å². The molecule has 1 atom stereocenters. The van der Waals surface area contributed by atoms with Gasteiger partial charge in [0.1, 0.15) is 16.8 Å². The summed E-state index contributed by atoms with van der Waals surface area (Å²) >= 11 is 0. The molecule has 0 spiro atoms. The van der Waals surface area contributed by atoms with Gasteiger partial charge in [-0.2, -0.15) is 0 Å². The summed E-state index contributed by atoms with van der Waals surface area (Å²) in [5.41, 5.74) is -2.47. The van der Waals surface area contributed by atoms with Gasteiger partial charge in [-0.1, -0.05) is 0 Å². The summed E-state index contributed by atoms with van der Waals surface area (Å²) in [6, 6.07) is -0.787. The molecule has 166 valence electrons. The van der Waals surface area contributed by atoms with Crippen LogP contribution >= 0.6 is 0 Å². The first-order valence-corrected chi connectivity index (χ1v) is 9.68. The Hall–Kier alpha value is -2.32. The van der Waals surface area contributed by atoms with E-state index in [1.807, 2.05) is 0 Å². The van der Waals surface area contributed by atoms with Crippen LogP contribution in [-0.4, -0.2) is 63.4 Å². The van der Waals surface area contributed by atoms with E-state index in [9.17, 15) is 19.2 Å². The summed E-state index contributed by atoms with van der Waals surface area (Å²) in [6.45, 7) is 14.9. The van der Waals surface area contributed by atoms with Gasteiger partial charge in [0.25, 0.3) is 0 Å². The fourth-order valence-electron chi connectivity index (χ4n) is 2.53. The Morgan fingerprint density at radius 2 is 1.24 bits per heavy atom. The number of imide groups is 2. The second-order valence-electron chi connectivity index (χ2n) is 10.0. The fraction of sp³-hybridized carbons (Fsp3) is 0.800. The van der Waals surface area contributed by atoms with Crippen LogP contribution < -0.4 is 0 Å². The van der Waals surface area contributed by atoms with E-state index in [1.165, 1.54) is 0 Å². The molecule has 1 saturated heterocycles. The first-order valence-electron chi connectivity index (χ1n) is 9.68. The first kappa shape index (κ1) is 24.7. The van der Waals surface area contributed by atoms with E-state index >= 15 is 0 Å². The lowest BCUT2D eigenvalue weighted by atomic mass is 10.0. The number of amides is 4. The number of carbonyl (C=O) groups is 4. The fourth-order valence-corrected chi connectivity index (χ4v) is 2.53. The molecule has 9 heteroatoms. The van der Waals surface area contributed by atoms with E-state index in [0.29, 0.717) is 0 Å². The highest BCUT2D eigenvalue weighted by Crippen LogP contribution is 2.24. The molecule has 1 rings (SSSR count). The van der Waals surface area contributed by atoms with Gasteiger partial charge in [-0.05, 0) is 68.7 Å². The van der Waals surface area contributed by atoms with Gasteiger partial charge in [0, 0.05) is 6.42 Å². The molecule has 29 heavy (non-hydrogen) atoms. The topological polar surface area (TPSA) is 102 Å². The maximum Gasteiger partial charge on any atom is 0.420 e. The zero-order chi connectivity index (χ0) is 22.8. The van der Waals surface area contributed by atoms with Gasteiger partial charge in [0.2, 0.25) is 5.91 Å². The van der Waals surface area contributed by atoms with E-state index in [0.717, 1.165) is 9.80 Å². The zero-order valence-electron chi connectivity index (χ0n) is 19.0. The quantitative estimate of drug-likeness (QED) is 0.596. The number of rotatable bonds is 1. The lowest BCUT2D eigenvalue weighted by Gasteiger charge is -2.38. The lowest BCUT2D eigenvalue weighted by Crippen LogP contribution is -2.57. The van der Waals surface area contributed by atoms with Crippen LogP contribution in [0.1, 0.15) is 75.2 Å². The molecule has 0 aliphatic carbocycles. The van der Waals surface area contributed by atoms with E-state index in [2.05, 4.69) is 0 Å². The van der Waals surface area contributed by atoms with Crippen LogP contribution in [0.2, 0.25) is 0 Å². The van der Waals surface area contributed by atoms with Crippen LogP contribution in [-0.2, 0) is 19.0 Å². The highest BCUT2D eigenvalue weighted by Gasteiger charge is 2.42. The van der Waals surface area contributed by atoms with Crippen molar-refractivity contribution < 1.29 is 33.4 Å². The van der Waals surface area contributed by atoms with Gasteiger partial charge in [-0.15, -0.1) is 0 Å². The van der Waals surface area contributed by atoms with Crippen LogP contribution in [0.4, 0.5) is 14.4 Å². The highest BCUT2D eigenvalue weighted by molar-refractivity contribution is 5.94.